The summed E-state index contributed by atoms with van der Waals surface area (Å²) < 4.78 is 0. The van der Waals surface area contributed by atoms with Gasteiger partial charge in [-0.25, -0.2) is 0 Å². The molecular weight excluding hydrogens is 248 g/mol. The smallest absolute Gasteiger partial charge is 0.130 e. The zero-order chi connectivity index (χ0) is 15.3. The van der Waals surface area contributed by atoms with Gasteiger partial charge in [-0.1, -0.05) is 37.6 Å². The zero-order valence-electron chi connectivity index (χ0n) is 13.5. The first-order chi connectivity index (χ1) is 9.25. The normalized spacial score (nSPS) is 26.6. The highest BCUT2D eigenvalue weighted by atomic mass is 16.3. The highest BCUT2D eigenvalue weighted by molar-refractivity contribution is 5.75. The van der Waals surface area contributed by atoms with E-state index < -0.39 is 0 Å². The molecule has 114 valence electrons. The van der Waals surface area contributed by atoms with Gasteiger partial charge in [0.2, 0.25) is 0 Å². The van der Waals surface area contributed by atoms with Crippen molar-refractivity contribution in [2.45, 2.75) is 72.3 Å². The van der Waals surface area contributed by atoms with Crippen LogP contribution >= 0.6 is 0 Å². The van der Waals surface area contributed by atoms with Crippen LogP contribution in [0.5, 0.6) is 0 Å². The summed E-state index contributed by atoms with van der Waals surface area (Å²) in [6, 6.07) is 0. The zero-order valence-corrected chi connectivity index (χ0v) is 13.5. The van der Waals surface area contributed by atoms with E-state index in [1.165, 1.54) is 11.1 Å². The number of hydrogen-bond donors (Lipinski definition) is 1. The van der Waals surface area contributed by atoms with E-state index in [2.05, 4.69) is 33.4 Å². The van der Waals surface area contributed by atoms with Gasteiger partial charge in [0.05, 0.1) is 6.10 Å². The molecule has 0 bridgehead atoms. The fourth-order valence-corrected chi connectivity index (χ4v) is 3.20. The molecule has 0 heterocycles. The Labute approximate surface area is 124 Å². The second kappa shape index (κ2) is 7.21. The summed E-state index contributed by atoms with van der Waals surface area (Å²) in [7, 11) is 0. The van der Waals surface area contributed by atoms with E-state index in [-0.39, 0.29) is 17.3 Å². The first-order valence-corrected chi connectivity index (χ1v) is 7.76. The van der Waals surface area contributed by atoms with Gasteiger partial charge < -0.3 is 9.90 Å². The number of Topliss-reactive ketones (excluding diaryl/α,β-unsaturated/α-hetero) is 1. The van der Waals surface area contributed by atoms with Crippen LogP contribution in [-0.4, -0.2) is 17.0 Å². The van der Waals surface area contributed by atoms with Crippen molar-refractivity contribution in [2.75, 3.05) is 0 Å². The Balaban J connectivity index is 2.54. The first-order valence-electron chi connectivity index (χ1n) is 7.76. The van der Waals surface area contributed by atoms with Crippen LogP contribution in [0.4, 0.5) is 0 Å². The number of ketones is 1. The van der Waals surface area contributed by atoms with Crippen LogP contribution in [0.25, 0.3) is 0 Å². The number of allylic oxidation sites excluding steroid dienone is 3. The summed E-state index contributed by atoms with van der Waals surface area (Å²) in [6.45, 7) is 12.3. The van der Waals surface area contributed by atoms with Gasteiger partial charge in [-0.2, -0.15) is 0 Å². The summed E-state index contributed by atoms with van der Waals surface area (Å²) in [6.07, 6.45) is 7.30. The summed E-state index contributed by atoms with van der Waals surface area (Å²) in [5.41, 5.74) is 2.56. The van der Waals surface area contributed by atoms with Crippen LogP contribution in [0.1, 0.15) is 66.2 Å². The molecule has 0 amide bonds. The lowest BCUT2D eigenvalue weighted by molar-refractivity contribution is -0.116. The van der Waals surface area contributed by atoms with Crippen LogP contribution < -0.4 is 0 Å². The largest absolute Gasteiger partial charge is 0.393 e. The molecule has 1 N–H and O–H groups in total. The van der Waals surface area contributed by atoms with E-state index >= 15 is 0 Å². The third kappa shape index (κ3) is 4.59. The minimum Gasteiger partial charge on any atom is -0.393 e. The Hall–Kier alpha value is -0.890. The molecule has 2 atom stereocenters. The summed E-state index contributed by atoms with van der Waals surface area (Å²) in [5, 5.41) is 10.2. The van der Waals surface area contributed by atoms with Crippen molar-refractivity contribution >= 4 is 5.78 Å². The highest BCUT2D eigenvalue weighted by Gasteiger charge is 2.40. The molecular formula is C18H30O2. The van der Waals surface area contributed by atoms with Gasteiger partial charge in [0.15, 0.2) is 0 Å². The van der Waals surface area contributed by atoms with Crippen LogP contribution in [0, 0.1) is 11.3 Å². The third-order valence-corrected chi connectivity index (χ3v) is 4.81. The van der Waals surface area contributed by atoms with Crippen molar-refractivity contribution in [1.29, 1.82) is 0 Å². The lowest BCUT2D eigenvalue weighted by Crippen LogP contribution is -2.41. The van der Waals surface area contributed by atoms with Crippen molar-refractivity contribution < 1.29 is 9.90 Å². The van der Waals surface area contributed by atoms with Gasteiger partial charge in [-0.3, -0.25) is 0 Å². The van der Waals surface area contributed by atoms with Crippen molar-refractivity contribution in [3.8, 4) is 0 Å². The maximum absolute atomic E-state index is 10.9. The van der Waals surface area contributed by atoms with Gasteiger partial charge >= 0.3 is 0 Å². The highest BCUT2D eigenvalue weighted by Crippen LogP contribution is 2.45. The lowest BCUT2D eigenvalue weighted by Gasteiger charge is -2.44. The van der Waals surface area contributed by atoms with Crippen molar-refractivity contribution in [1.82, 2.24) is 0 Å². The second-order valence-corrected chi connectivity index (χ2v) is 6.92. The molecule has 1 aliphatic rings. The molecule has 0 spiro atoms. The SMILES string of the molecule is C=C1CC[C@H](O)C(C)(C)[C@@H]1CC/C(C)=C/CCC(C)=O. The number of rotatable bonds is 6. The van der Waals surface area contributed by atoms with Gasteiger partial charge in [0, 0.05) is 6.42 Å². The van der Waals surface area contributed by atoms with Gasteiger partial charge in [0.25, 0.3) is 0 Å². The molecule has 0 saturated heterocycles. The average Bonchev–Trinajstić information content (AvgIpc) is 2.33. The monoisotopic (exact) mass is 278 g/mol. The molecule has 0 unspecified atom stereocenters. The number of aliphatic hydroxyl groups excluding tert-OH is 1. The molecule has 0 aliphatic heterocycles. The maximum Gasteiger partial charge on any atom is 0.130 e. The van der Waals surface area contributed by atoms with E-state index in [1.54, 1.807) is 6.92 Å². The Morgan fingerprint density at radius 1 is 1.40 bits per heavy atom. The molecule has 0 radical (unpaired) electrons. The Morgan fingerprint density at radius 3 is 2.65 bits per heavy atom. The predicted octanol–water partition coefficient (Wildman–Crippen LogP) is 4.44. The quantitative estimate of drug-likeness (QED) is 0.729. The number of aliphatic hydroxyl groups is 1. The summed E-state index contributed by atoms with van der Waals surface area (Å²) in [5.74, 6) is 0.640. The molecule has 1 fully saturated rings. The molecule has 2 heteroatoms. The van der Waals surface area contributed by atoms with E-state index in [0.29, 0.717) is 12.3 Å². The van der Waals surface area contributed by atoms with Crippen LogP contribution in [-0.2, 0) is 4.79 Å². The minimum atomic E-state index is -0.222. The Kier molecular flexibility index (Phi) is 6.19. The predicted molar refractivity (Wildman–Crippen MR) is 84.6 cm³/mol. The van der Waals surface area contributed by atoms with E-state index in [1.807, 2.05) is 0 Å². The second-order valence-electron chi connectivity index (χ2n) is 6.92. The van der Waals surface area contributed by atoms with Crippen molar-refractivity contribution in [3.05, 3.63) is 23.8 Å². The topological polar surface area (TPSA) is 37.3 Å². The molecule has 1 saturated carbocycles. The summed E-state index contributed by atoms with van der Waals surface area (Å²) >= 11 is 0. The van der Waals surface area contributed by atoms with Crippen molar-refractivity contribution in [2.24, 2.45) is 11.3 Å². The Bertz CT molecular complexity index is 390. The van der Waals surface area contributed by atoms with Gasteiger partial charge in [-0.15, -0.1) is 0 Å². The minimum absolute atomic E-state index is 0.0744. The van der Waals surface area contributed by atoms with Gasteiger partial charge in [-0.05, 0) is 57.3 Å². The lowest BCUT2D eigenvalue weighted by atomic mass is 9.63. The molecule has 1 aliphatic carbocycles. The van der Waals surface area contributed by atoms with Crippen molar-refractivity contribution in [3.63, 3.8) is 0 Å². The molecule has 0 aromatic carbocycles. The van der Waals surface area contributed by atoms with E-state index in [4.69, 9.17) is 0 Å². The molecule has 1 rings (SSSR count). The standard InChI is InChI=1S/C18H30O2/c1-13(7-6-8-15(3)19)9-11-16-14(2)10-12-17(20)18(16,4)5/h7,16-17,20H,2,6,8-12H2,1,3-5H3/b13-7+/t16-,17+/m1/s1. The van der Waals surface area contributed by atoms with E-state index in [0.717, 1.165) is 32.1 Å². The fraction of sp³-hybridized carbons (Fsp3) is 0.722. The maximum atomic E-state index is 10.9. The molecule has 0 aromatic rings. The number of carbonyl (C=O) groups excluding carboxylic acids is 1. The summed E-state index contributed by atoms with van der Waals surface area (Å²) in [4.78, 5) is 10.9. The number of carbonyl (C=O) groups is 1. The molecule has 0 aromatic heterocycles. The molecule has 2 nitrogen and oxygen atoms in total. The van der Waals surface area contributed by atoms with Crippen LogP contribution in [0.3, 0.4) is 0 Å². The Morgan fingerprint density at radius 2 is 2.05 bits per heavy atom. The molecule has 20 heavy (non-hydrogen) atoms. The number of hydrogen-bond acceptors (Lipinski definition) is 2. The third-order valence-electron chi connectivity index (χ3n) is 4.81. The average molecular weight is 278 g/mol. The first kappa shape index (κ1) is 17.2. The van der Waals surface area contributed by atoms with E-state index in [9.17, 15) is 9.90 Å². The fourth-order valence-electron chi connectivity index (χ4n) is 3.20. The van der Waals surface area contributed by atoms with Crippen LogP contribution in [0.15, 0.2) is 23.8 Å². The van der Waals surface area contributed by atoms with Crippen LogP contribution in [0.2, 0.25) is 0 Å². The van der Waals surface area contributed by atoms with Gasteiger partial charge in [0.1, 0.15) is 5.78 Å².